The standard InChI is InChI=1S/C29H34N6O3/c1-5-9-20(2)26-31-27(25-19-30-35(28(25)32-26)22-10-7-6-8-11-22)33-12-14-34(15-13-33)29(36)21-16-23(37-3)18-24(17-21)38-4/h6-8,10-11,16-20H,5,9,12-15H2,1-4H3/t20-/m1/s1. The Morgan fingerprint density at radius 2 is 1.66 bits per heavy atom. The lowest BCUT2D eigenvalue weighted by atomic mass is 10.1. The first-order valence-electron chi connectivity index (χ1n) is 13.1. The van der Waals surface area contributed by atoms with Gasteiger partial charge in [-0.05, 0) is 30.7 Å². The summed E-state index contributed by atoms with van der Waals surface area (Å²) in [5, 5.41) is 5.60. The van der Waals surface area contributed by atoms with Crippen molar-refractivity contribution in [3.8, 4) is 17.2 Å². The van der Waals surface area contributed by atoms with E-state index in [1.165, 1.54) is 0 Å². The molecule has 1 aliphatic heterocycles. The van der Waals surface area contributed by atoms with Crippen molar-refractivity contribution in [2.24, 2.45) is 0 Å². The van der Waals surface area contributed by atoms with E-state index in [4.69, 9.17) is 19.4 Å². The van der Waals surface area contributed by atoms with Crippen LogP contribution in [-0.4, -0.2) is 71.0 Å². The average Bonchev–Trinajstić information content (AvgIpc) is 3.41. The molecule has 0 saturated carbocycles. The average molecular weight is 515 g/mol. The van der Waals surface area contributed by atoms with Crippen LogP contribution < -0.4 is 14.4 Å². The Hall–Kier alpha value is -4.14. The van der Waals surface area contributed by atoms with Crippen LogP contribution in [0.1, 0.15) is 48.8 Å². The first-order chi connectivity index (χ1) is 18.5. The molecule has 4 aromatic rings. The molecule has 2 aromatic heterocycles. The highest BCUT2D eigenvalue weighted by Crippen LogP contribution is 2.30. The molecule has 0 unspecified atom stereocenters. The molecule has 0 radical (unpaired) electrons. The molecule has 38 heavy (non-hydrogen) atoms. The van der Waals surface area contributed by atoms with Crippen LogP contribution >= 0.6 is 0 Å². The number of fused-ring (bicyclic) bond motifs is 1. The van der Waals surface area contributed by atoms with Crippen molar-refractivity contribution in [1.29, 1.82) is 0 Å². The minimum absolute atomic E-state index is 0.0381. The Balaban J connectivity index is 1.43. The van der Waals surface area contributed by atoms with Crippen molar-refractivity contribution in [1.82, 2.24) is 24.6 Å². The Morgan fingerprint density at radius 3 is 2.29 bits per heavy atom. The molecule has 0 aliphatic carbocycles. The largest absolute Gasteiger partial charge is 0.497 e. The minimum Gasteiger partial charge on any atom is -0.497 e. The Bertz CT molecular complexity index is 1390. The summed E-state index contributed by atoms with van der Waals surface area (Å²) < 4.78 is 12.6. The van der Waals surface area contributed by atoms with Crippen molar-refractivity contribution in [3.05, 3.63) is 66.1 Å². The van der Waals surface area contributed by atoms with Crippen LogP contribution in [0, 0.1) is 0 Å². The predicted octanol–water partition coefficient (Wildman–Crippen LogP) is 4.70. The Kier molecular flexibility index (Phi) is 7.44. The molecule has 3 heterocycles. The van der Waals surface area contributed by atoms with Gasteiger partial charge in [0.1, 0.15) is 23.1 Å². The topological polar surface area (TPSA) is 85.6 Å². The van der Waals surface area contributed by atoms with E-state index in [9.17, 15) is 4.79 Å². The van der Waals surface area contributed by atoms with Gasteiger partial charge in [0.25, 0.3) is 5.91 Å². The van der Waals surface area contributed by atoms with Crippen LogP contribution in [0.15, 0.2) is 54.7 Å². The summed E-state index contributed by atoms with van der Waals surface area (Å²) in [5.74, 6) is 3.09. The number of anilines is 1. The molecule has 9 nitrogen and oxygen atoms in total. The van der Waals surface area contributed by atoms with E-state index in [1.54, 1.807) is 32.4 Å². The maximum Gasteiger partial charge on any atom is 0.254 e. The number of hydrogen-bond acceptors (Lipinski definition) is 7. The Labute approximate surface area is 223 Å². The van der Waals surface area contributed by atoms with Gasteiger partial charge in [0, 0.05) is 43.7 Å². The summed E-state index contributed by atoms with van der Waals surface area (Å²) in [6.45, 7) is 6.84. The second-order valence-corrected chi connectivity index (χ2v) is 9.60. The number of rotatable bonds is 8. The van der Waals surface area contributed by atoms with E-state index >= 15 is 0 Å². The number of benzene rings is 2. The molecule has 198 valence electrons. The third-order valence-electron chi connectivity index (χ3n) is 7.05. The van der Waals surface area contributed by atoms with Gasteiger partial charge in [0.15, 0.2) is 5.65 Å². The van der Waals surface area contributed by atoms with E-state index in [1.807, 2.05) is 46.1 Å². The molecule has 1 fully saturated rings. The number of ether oxygens (including phenoxy) is 2. The number of carbonyl (C=O) groups is 1. The van der Waals surface area contributed by atoms with Crippen LogP contribution in [0.2, 0.25) is 0 Å². The van der Waals surface area contributed by atoms with E-state index in [-0.39, 0.29) is 11.8 Å². The van der Waals surface area contributed by atoms with E-state index in [0.717, 1.165) is 41.2 Å². The number of para-hydroxylation sites is 1. The molecular formula is C29H34N6O3. The quantitative estimate of drug-likeness (QED) is 0.337. The van der Waals surface area contributed by atoms with Crippen LogP contribution in [-0.2, 0) is 0 Å². The second kappa shape index (κ2) is 11.1. The van der Waals surface area contributed by atoms with Crippen molar-refractivity contribution in [3.63, 3.8) is 0 Å². The first-order valence-corrected chi connectivity index (χ1v) is 13.1. The number of amides is 1. The molecule has 1 atom stereocenters. The third-order valence-corrected chi connectivity index (χ3v) is 7.05. The zero-order valence-electron chi connectivity index (χ0n) is 22.4. The predicted molar refractivity (Wildman–Crippen MR) is 148 cm³/mol. The smallest absolute Gasteiger partial charge is 0.254 e. The van der Waals surface area contributed by atoms with Crippen LogP contribution in [0.4, 0.5) is 5.82 Å². The number of nitrogens with zero attached hydrogens (tertiary/aromatic N) is 6. The molecule has 0 spiro atoms. The summed E-state index contributed by atoms with van der Waals surface area (Å²) in [6, 6.07) is 15.3. The summed E-state index contributed by atoms with van der Waals surface area (Å²) in [7, 11) is 3.17. The third kappa shape index (κ3) is 5.01. The number of carbonyl (C=O) groups excluding carboxylic acids is 1. The van der Waals surface area contributed by atoms with Gasteiger partial charge >= 0.3 is 0 Å². The normalized spacial score (nSPS) is 14.5. The fraction of sp³-hybridized carbons (Fsp3) is 0.379. The molecule has 5 rings (SSSR count). The van der Waals surface area contributed by atoms with Crippen molar-refractivity contribution in [2.45, 2.75) is 32.6 Å². The fourth-order valence-electron chi connectivity index (χ4n) is 4.93. The number of piperazine rings is 1. The molecule has 1 saturated heterocycles. The van der Waals surface area contributed by atoms with E-state index < -0.39 is 0 Å². The zero-order valence-corrected chi connectivity index (χ0v) is 22.4. The van der Waals surface area contributed by atoms with Crippen LogP contribution in [0.5, 0.6) is 11.5 Å². The van der Waals surface area contributed by atoms with Gasteiger partial charge in [-0.1, -0.05) is 38.5 Å². The SMILES string of the molecule is CCC[C@@H](C)c1nc(N2CCN(C(=O)c3cc(OC)cc(OC)c3)CC2)c2cnn(-c3ccccc3)c2n1. The lowest BCUT2D eigenvalue weighted by Gasteiger charge is -2.36. The zero-order chi connectivity index (χ0) is 26.6. The first kappa shape index (κ1) is 25.5. The van der Waals surface area contributed by atoms with E-state index in [0.29, 0.717) is 43.2 Å². The maximum atomic E-state index is 13.3. The van der Waals surface area contributed by atoms with Crippen LogP contribution in [0.25, 0.3) is 16.7 Å². The lowest BCUT2D eigenvalue weighted by molar-refractivity contribution is 0.0746. The molecule has 1 aliphatic rings. The fourth-order valence-corrected chi connectivity index (χ4v) is 4.93. The highest BCUT2D eigenvalue weighted by atomic mass is 16.5. The van der Waals surface area contributed by atoms with Gasteiger partial charge in [-0.3, -0.25) is 4.79 Å². The summed E-state index contributed by atoms with van der Waals surface area (Å²) >= 11 is 0. The molecular weight excluding hydrogens is 480 g/mol. The van der Waals surface area contributed by atoms with Crippen LogP contribution in [0.3, 0.4) is 0 Å². The van der Waals surface area contributed by atoms with Gasteiger partial charge in [0.2, 0.25) is 0 Å². The lowest BCUT2D eigenvalue weighted by Crippen LogP contribution is -2.49. The molecule has 9 heteroatoms. The Morgan fingerprint density at radius 1 is 0.974 bits per heavy atom. The highest BCUT2D eigenvalue weighted by molar-refractivity contribution is 5.95. The van der Waals surface area contributed by atoms with E-state index in [2.05, 4.69) is 23.8 Å². The summed E-state index contributed by atoms with van der Waals surface area (Å²) in [5.41, 5.74) is 2.32. The monoisotopic (exact) mass is 514 g/mol. The molecule has 0 bridgehead atoms. The van der Waals surface area contributed by atoms with Crippen molar-refractivity contribution < 1.29 is 14.3 Å². The molecule has 0 N–H and O–H groups in total. The number of methoxy groups -OCH3 is 2. The second-order valence-electron chi connectivity index (χ2n) is 9.60. The summed E-state index contributed by atoms with van der Waals surface area (Å²) in [6.07, 6.45) is 3.92. The highest BCUT2D eigenvalue weighted by Gasteiger charge is 2.27. The minimum atomic E-state index is -0.0381. The molecule has 1 amide bonds. The molecule has 2 aromatic carbocycles. The number of hydrogen-bond donors (Lipinski definition) is 0. The van der Waals surface area contributed by atoms with Gasteiger partial charge in [-0.15, -0.1) is 0 Å². The van der Waals surface area contributed by atoms with Crippen molar-refractivity contribution >= 4 is 22.8 Å². The van der Waals surface area contributed by atoms with Crippen molar-refractivity contribution in [2.75, 3.05) is 45.3 Å². The maximum absolute atomic E-state index is 13.3. The van der Waals surface area contributed by atoms with Gasteiger partial charge < -0.3 is 19.3 Å². The number of aromatic nitrogens is 4. The van der Waals surface area contributed by atoms with Gasteiger partial charge in [-0.2, -0.15) is 5.10 Å². The van der Waals surface area contributed by atoms with Gasteiger partial charge in [0.05, 0.1) is 31.5 Å². The summed E-state index contributed by atoms with van der Waals surface area (Å²) in [4.78, 5) is 27.5. The van der Waals surface area contributed by atoms with Gasteiger partial charge in [-0.25, -0.2) is 14.6 Å².